The van der Waals surface area contributed by atoms with Gasteiger partial charge in [0.1, 0.15) is 0 Å². The van der Waals surface area contributed by atoms with Gasteiger partial charge in [-0.05, 0) is 113 Å². The Morgan fingerprint density at radius 3 is 2.18 bits per heavy atom. The van der Waals surface area contributed by atoms with Crippen LogP contribution < -0.4 is 16.0 Å². The van der Waals surface area contributed by atoms with Gasteiger partial charge in [-0.2, -0.15) is 0 Å². The van der Waals surface area contributed by atoms with Gasteiger partial charge in [0.2, 0.25) is 17.7 Å². The topological polar surface area (TPSA) is 108 Å². The van der Waals surface area contributed by atoms with E-state index < -0.39 is 0 Å². The zero-order valence-corrected chi connectivity index (χ0v) is 31.8. The number of amides is 3. The molecule has 50 heavy (non-hydrogen) atoms. The van der Waals surface area contributed by atoms with E-state index in [0.717, 1.165) is 89.0 Å². The molecule has 0 radical (unpaired) electrons. The van der Waals surface area contributed by atoms with E-state index in [1.165, 1.54) is 62.5 Å². The van der Waals surface area contributed by atoms with E-state index in [1.54, 1.807) is 0 Å². The van der Waals surface area contributed by atoms with Gasteiger partial charge < -0.3 is 21.1 Å². The van der Waals surface area contributed by atoms with Crippen LogP contribution in [0.15, 0.2) is 35.5 Å². The minimum atomic E-state index is -0.251. The summed E-state index contributed by atoms with van der Waals surface area (Å²) in [7, 11) is 0. The van der Waals surface area contributed by atoms with Gasteiger partial charge in [-0.3, -0.25) is 14.4 Å². The molecule has 4 fully saturated rings. The summed E-state index contributed by atoms with van der Waals surface area (Å²) < 4.78 is 0. The average Bonchev–Trinajstić information content (AvgIpc) is 3.51. The summed E-state index contributed by atoms with van der Waals surface area (Å²) in [6.45, 7) is 10.1. The van der Waals surface area contributed by atoms with Crippen molar-refractivity contribution in [1.82, 2.24) is 16.0 Å². The van der Waals surface area contributed by atoms with Crippen LogP contribution >= 0.6 is 0 Å². The molecule has 0 aromatic heterocycles. The lowest BCUT2D eigenvalue weighted by Gasteiger charge is -2.44. The van der Waals surface area contributed by atoms with Gasteiger partial charge in [-0.1, -0.05) is 95.1 Å². The SMILES string of the molecule is C=C1CCC(O)CC1=CC=C1CCCC2(C)C1CCC2C(C)C(=O)NCCCCNC(=O)CCCCCCC(=O)NC1CCCCCCCC1. The molecule has 7 heteroatoms. The van der Waals surface area contributed by atoms with Crippen molar-refractivity contribution in [1.29, 1.82) is 0 Å². The van der Waals surface area contributed by atoms with Crippen molar-refractivity contribution in [3.8, 4) is 0 Å². The Hall–Kier alpha value is -2.41. The second-order valence-corrected chi connectivity index (χ2v) is 16.5. The second-order valence-electron chi connectivity index (χ2n) is 16.5. The smallest absolute Gasteiger partial charge is 0.223 e. The number of carbonyl (C=O) groups excluding carboxylic acids is 3. The third-order valence-electron chi connectivity index (χ3n) is 12.7. The number of aliphatic hydroxyl groups is 1. The van der Waals surface area contributed by atoms with Gasteiger partial charge in [0.15, 0.2) is 0 Å². The van der Waals surface area contributed by atoms with Gasteiger partial charge in [0.05, 0.1) is 6.10 Å². The van der Waals surface area contributed by atoms with Crippen molar-refractivity contribution in [2.24, 2.45) is 23.2 Å². The van der Waals surface area contributed by atoms with Crippen LogP contribution in [0.3, 0.4) is 0 Å². The van der Waals surface area contributed by atoms with Crippen LogP contribution in [0.2, 0.25) is 0 Å². The number of hydrogen-bond acceptors (Lipinski definition) is 4. The van der Waals surface area contributed by atoms with E-state index in [0.29, 0.717) is 50.2 Å². The molecule has 4 rings (SSSR count). The number of unbranched alkanes of at least 4 members (excludes halogenated alkanes) is 4. The van der Waals surface area contributed by atoms with E-state index in [-0.39, 0.29) is 35.2 Å². The minimum absolute atomic E-state index is 0.0132. The maximum Gasteiger partial charge on any atom is 0.223 e. The quantitative estimate of drug-likeness (QED) is 0.121. The summed E-state index contributed by atoms with van der Waals surface area (Å²) >= 11 is 0. The number of fused-ring (bicyclic) bond motifs is 1. The van der Waals surface area contributed by atoms with E-state index in [4.69, 9.17) is 0 Å². The van der Waals surface area contributed by atoms with Crippen molar-refractivity contribution in [2.75, 3.05) is 13.1 Å². The molecule has 0 saturated heterocycles. The van der Waals surface area contributed by atoms with Crippen molar-refractivity contribution < 1.29 is 19.5 Å². The van der Waals surface area contributed by atoms with Crippen LogP contribution in [0.5, 0.6) is 0 Å². The van der Waals surface area contributed by atoms with Gasteiger partial charge in [-0.15, -0.1) is 0 Å². The van der Waals surface area contributed by atoms with Crippen LogP contribution in [0.1, 0.15) is 168 Å². The maximum absolute atomic E-state index is 13.3. The van der Waals surface area contributed by atoms with Gasteiger partial charge >= 0.3 is 0 Å². The molecule has 0 aromatic rings. The van der Waals surface area contributed by atoms with Gasteiger partial charge in [0, 0.05) is 37.9 Å². The Kier molecular flexibility index (Phi) is 17.1. The third kappa shape index (κ3) is 12.7. The number of allylic oxidation sites excluding steroid dienone is 4. The predicted molar refractivity (Wildman–Crippen MR) is 204 cm³/mol. The lowest BCUT2D eigenvalue weighted by atomic mass is 9.61. The first-order valence-electron chi connectivity index (χ1n) is 20.8. The third-order valence-corrected chi connectivity index (χ3v) is 12.7. The average molecular weight is 694 g/mol. The maximum atomic E-state index is 13.3. The molecule has 3 amide bonds. The largest absolute Gasteiger partial charge is 0.393 e. The second kappa shape index (κ2) is 21.2. The van der Waals surface area contributed by atoms with Crippen LogP contribution in [0.4, 0.5) is 0 Å². The summed E-state index contributed by atoms with van der Waals surface area (Å²) in [4.78, 5) is 38.0. The molecule has 4 N–H and O–H groups in total. The summed E-state index contributed by atoms with van der Waals surface area (Å²) in [6.07, 6.45) is 29.0. The number of aliphatic hydroxyl groups excluding tert-OH is 1. The normalized spacial score (nSPS) is 28.7. The van der Waals surface area contributed by atoms with Crippen molar-refractivity contribution >= 4 is 17.7 Å². The van der Waals surface area contributed by atoms with Crippen molar-refractivity contribution in [3.63, 3.8) is 0 Å². The molecule has 0 heterocycles. The fourth-order valence-electron chi connectivity index (χ4n) is 9.62. The predicted octanol–water partition coefficient (Wildman–Crippen LogP) is 8.77. The van der Waals surface area contributed by atoms with Crippen LogP contribution in [-0.2, 0) is 14.4 Å². The minimum Gasteiger partial charge on any atom is -0.393 e. The molecule has 0 aliphatic heterocycles. The lowest BCUT2D eigenvalue weighted by Crippen LogP contribution is -2.41. The van der Waals surface area contributed by atoms with Gasteiger partial charge in [0.25, 0.3) is 0 Å². The number of hydrogen-bond donors (Lipinski definition) is 4. The van der Waals surface area contributed by atoms with E-state index in [2.05, 4.69) is 48.5 Å². The fourth-order valence-corrected chi connectivity index (χ4v) is 9.62. The highest BCUT2D eigenvalue weighted by molar-refractivity contribution is 5.79. The van der Waals surface area contributed by atoms with E-state index in [9.17, 15) is 19.5 Å². The summed E-state index contributed by atoms with van der Waals surface area (Å²) in [5.74, 6) is 1.36. The van der Waals surface area contributed by atoms with Crippen molar-refractivity contribution in [3.05, 3.63) is 35.5 Å². The summed E-state index contributed by atoms with van der Waals surface area (Å²) in [5.41, 5.74) is 4.03. The van der Waals surface area contributed by atoms with E-state index >= 15 is 0 Å². The molecule has 5 unspecified atom stereocenters. The lowest BCUT2D eigenvalue weighted by molar-refractivity contribution is -0.128. The first kappa shape index (κ1) is 40.4. The number of rotatable bonds is 16. The van der Waals surface area contributed by atoms with Crippen LogP contribution in [-0.4, -0.2) is 48.1 Å². The molecule has 4 aliphatic carbocycles. The Bertz CT molecular complexity index is 1170. The number of nitrogens with one attached hydrogen (secondary N) is 3. The zero-order valence-electron chi connectivity index (χ0n) is 31.8. The van der Waals surface area contributed by atoms with Crippen LogP contribution in [0.25, 0.3) is 0 Å². The first-order valence-corrected chi connectivity index (χ1v) is 20.8. The Morgan fingerprint density at radius 1 is 0.800 bits per heavy atom. The molecule has 7 nitrogen and oxygen atoms in total. The highest BCUT2D eigenvalue weighted by atomic mass is 16.3. The zero-order chi connectivity index (χ0) is 35.8. The Labute approximate surface area is 304 Å². The molecular weight excluding hydrogens is 622 g/mol. The standard InChI is InChI=1S/C43H71N3O4/c1-32-22-25-37(47)31-35(32)24-23-34-17-16-28-43(3)38(26-27-39(34)43)33(2)42(50)45-30-15-14-29-44-40(48)20-12-8-9-13-21-41(49)46-36-18-10-6-4-5-7-11-19-36/h23-24,33,36-39,47H,1,4-22,25-31H2,2-3H3,(H,44,48)(H,45,50)(H,46,49). The molecule has 5 atom stereocenters. The monoisotopic (exact) mass is 694 g/mol. The molecule has 0 bridgehead atoms. The van der Waals surface area contributed by atoms with E-state index in [1.807, 2.05) is 0 Å². The Morgan fingerprint density at radius 2 is 1.46 bits per heavy atom. The summed E-state index contributed by atoms with van der Waals surface area (Å²) in [6, 6.07) is 0.361. The molecule has 282 valence electrons. The first-order chi connectivity index (χ1) is 24.2. The molecule has 0 aromatic carbocycles. The highest BCUT2D eigenvalue weighted by Crippen LogP contribution is 2.59. The molecule has 4 aliphatic rings. The number of carbonyl (C=O) groups is 3. The van der Waals surface area contributed by atoms with Crippen molar-refractivity contribution in [2.45, 2.75) is 180 Å². The molecular formula is C43H71N3O4. The Balaban J connectivity index is 1.04. The van der Waals surface area contributed by atoms with Crippen LogP contribution in [0, 0.1) is 23.2 Å². The van der Waals surface area contributed by atoms with Gasteiger partial charge in [-0.25, -0.2) is 0 Å². The summed E-state index contributed by atoms with van der Waals surface area (Å²) in [5, 5.41) is 19.7. The highest BCUT2D eigenvalue weighted by Gasteiger charge is 2.51. The molecule has 0 spiro atoms. The molecule has 4 saturated carbocycles. The fraction of sp³-hybridized carbons (Fsp3) is 0.791.